The van der Waals surface area contributed by atoms with Gasteiger partial charge in [-0.15, -0.1) is 0 Å². The van der Waals surface area contributed by atoms with Gasteiger partial charge in [0.25, 0.3) is 0 Å². The normalized spacial score (nSPS) is 20.3. The van der Waals surface area contributed by atoms with Crippen LogP contribution in [0.3, 0.4) is 0 Å². The highest BCUT2D eigenvalue weighted by atomic mass is 31.0. The molecule has 0 fully saturated rings. The van der Waals surface area contributed by atoms with Crippen LogP contribution in [0, 0.1) is 12.8 Å². The molecular formula is C19H27FN3O3P. The van der Waals surface area contributed by atoms with Crippen LogP contribution in [0.4, 0.5) is 4.39 Å². The molecule has 1 aliphatic rings. The number of aliphatic hydroxyl groups excluding tert-OH is 1. The van der Waals surface area contributed by atoms with Crippen LogP contribution in [0.5, 0.6) is 5.88 Å². The number of allylic oxidation sites excluding steroid dienone is 1. The predicted molar refractivity (Wildman–Crippen MR) is 107 cm³/mol. The molecule has 2 heterocycles. The first-order valence-corrected chi connectivity index (χ1v) is 9.54. The van der Waals surface area contributed by atoms with E-state index in [4.69, 9.17) is 9.47 Å². The van der Waals surface area contributed by atoms with Crippen molar-refractivity contribution in [3.63, 3.8) is 0 Å². The van der Waals surface area contributed by atoms with Crippen LogP contribution in [0.25, 0.3) is 0 Å². The minimum absolute atomic E-state index is 0.0438. The molecular weight excluding hydrogens is 368 g/mol. The molecule has 1 aromatic heterocycles. The summed E-state index contributed by atoms with van der Waals surface area (Å²) in [4.78, 5) is 8.50. The summed E-state index contributed by atoms with van der Waals surface area (Å²) >= 11 is 0. The van der Waals surface area contributed by atoms with E-state index in [1.165, 1.54) is 0 Å². The van der Waals surface area contributed by atoms with E-state index >= 15 is 0 Å². The summed E-state index contributed by atoms with van der Waals surface area (Å²) in [6.07, 6.45) is 6.13. The molecule has 4 unspecified atom stereocenters. The molecule has 0 saturated carbocycles. The molecule has 0 aromatic carbocycles. The molecule has 148 valence electrons. The van der Waals surface area contributed by atoms with Gasteiger partial charge >= 0.3 is 0 Å². The summed E-state index contributed by atoms with van der Waals surface area (Å²) in [6, 6.07) is 1.94. The maximum Gasteiger partial charge on any atom is 0.216 e. The van der Waals surface area contributed by atoms with Gasteiger partial charge in [-0.2, -0.15) is 0 Å². The van der Waals surface area contributed by atoms with Gasteiger partial charge in [0, 0.05) is 48.8 Å². The van der Waals surface area contributed by atoms with Crippen molar-refractivity contribution in [2.75, 3.05) is 13.2 Å². The molecule has 27 heavy (non-hydrogen) atoms. The van der Waals surface area contributed by atoms with Gasteiger partial charge in [0.15, 0.2) is 6.29 Å². The van der Waals surface area contributed by atoms with Crippen LogP contribution < -0.4 is 10.1 Å². The Hall–Kier alpha value is -1.82. The molecule has 2 N–H and O–H groups in total. The smallest absolute Gasteiger partial charge is 0.216 e. The van der Waals surface area contributed by atoms with E-state index in [0.29, 0.717) is 24.7 Å². The molecule has 1 aromatic rings. The number of nitrogens with zero attached hydrogens (tertiary/aromatic N) is 2. The first-order chi connectivity index (χ1) is 12.9. The van der Waals surface area contributed by atoms with Crippen molar-refractivity contribution in [3.05, 3.63) is 47.4 Å². The molecule has 0 saturated heterocycles. The summed E-state index contributed by atoms with van der Waals surface area (Å²) in [6.45, 7) is 6.62. The van der Waals surface area contributed by atoms with Crippen LogP contribution in [0.2, 0.25) is 0 Å². The van der Waals surface area contributed by atoms with Gasteiger partial charge < -0.3 is 19.9 Å². The van der Waals surface area contributed by atoms with Gasteiger partial charge in [-0.1, -0.05) is 22.2 Å². The van der Waals surface area contributed by atoms with Crippen molar-refractivity contribution in [2.24, 2.45) is 10.9 Å². The average Bonchev–Trinajstić information content (AvgIpc) is 2.62. The number of aryl methyl sites for hydroxylation is 1. The van der Waals surface area contributed by atoms with Crippen molar-refractivity contribution in [1.29, 1.82) is 0 Å². The van der Waals surface area contributed by atoms with E-state index in [1.807, 2.05) is 48.4 Å². The highest BCUT2D eigenvalue weighted by molar-refractivity contribution is 7.17. The lowest BCUT2D eigenvalue weighted by atomic mass is 9.95. The topological polar surface area (TPSA) is 76.0 Å². The Morgan fingerprint density at radius 2 is 2.26 bits per heavy atom. The number of alkyl halides is 1. The second kappa shape index (κ2) is 10.5. The van der Waals surface area contributed by atoms with Gasteiger partial charge in [0.1, 0.15) is 18.2 Å². The molecule has 0 radical (unpaired) electrons. The van der Waals surface area contributed by atoms with Gasteiger partial charge in [-0.05, 0) is 25.5 Å². The highest BCUT2D eigenvalue weighted by Gasteiger charge is 2.22. The summed E-state index contributed by atoms with van der Waals surface area (Å²) < 4.78 is 23.5. The standard InChI is InChI=1S/C19H27FN3O3P/c1-4-25-19(24)17-15(12(2)5-6-22-17)10-21-8-14-7-13(3)18(23-9-14)26-11-16(20)27/h5-7,9-10,12,16,19,21,24H,4,8,11,27H2,1-3H3/b15-10+. The Morgan fingerprint density at radius 1 is 1.48 bits per heavy atom. The van der Waals surface area contributed by atoms with E-state index < -0.39 is 12.2 Å². The quantitative estimate of drug-likeness (QED) is 0.497. The largest absolute Gasteiger partial charge is 0.474 e. The molecule has 8 heteroatoms. The van der Waals surface area contributed by atoms with Crippen LogP contribution >= 0.6 is 9.24 Å². The third kappa shape index (κ3) is 6.38. The third-order valence-electron chi connectivity index (χ3n) is 3.96. The Labute approximate surface area is 161 Å². The fourth-order valence-electron chi connectivity index (χ4n) is 2.62. The van der Waals surface area contributed by atoms with E-state index in [9.17, 15) is 9.50 Å². The molecule has 4 atom stereocenters. The Balaban J connectivity index is 2.01. The minimum Gasteiger partial charge on any atom is -0.474 e. The van der Waals surface area contributed by atoms with Crippen LogP contribution in [0.1, 0.15) is 25.0 Å². The number of rotatable bonds is 9. The Kier molecular flexibility index (Phi) is 8.35. The molecule has 0 aliphatic carbocycles. The van der Waals surface area contributed by atoms with E-state index in [0.717, 1.165) is 16.7 Å². The zero-order valence-corrected chi connectivity index (χ0v) is 17.0. The number of aliphatic imine (C=N–C) groups is 1. The number of hydrogen-bond acceptors (Lipinski definition) is 6. The first kappa shape index (κ1) is 21.5. The maximum absolute atomic E-state index is 12.9. The van der Waals surface area contributed by atoms with Crippen molar-refractivity contribution >= 4 is 15.0 Å². The fraction of sp³-hybridized carbons (Fsp3) is 0.474. The van der Waals surface area contributed by atoms with E-state index in [-0.39, 0.29) is 12.5 Å². The number of aromatic nitrogens is 1. The Morgan fingerprint density at radius 3 is 2.93 bits per heavy atom. The summed E-state index contributed by atoms with van der Waals surface area (Å²) in [5.74, 6) is -0.576. The zero-order valence-electron chi connectivity index (χ0n) is 15.9. The molecule has 1 aliphatic heterocycles. The molecule has 2 rings (SSSR count). The average molecular weight is 395 g/mol. The van der Waals surface area contributed by atoms with Crippen LogP contribution in [0.15, 0.2) is 41.3 Å². The molecule has 0 amide bonds. The maximum atomic E-state index is 12.9. The number of pyridine rings is 1. The number of ether oxygens (including phenoxy) is 2. The van der Waals surface area contributed by atoms with Crippen molar-refractivity contribution in [1.82, 2.24) is 10.3 Å². The Bertz CT molecular complexity index is 722. The van der Waals surface area contributed by atoms with Crippen molar-refractivity contribution in [3.8, 4) is 5.88 Å². The molecule has 6 nitrogen and oxygen atoms in total. The first-order valence-electron chi connectivity index (χ1n) is 8.88. The summed E-state index contributed by atoms with van der Waals surface area (Å²) in [5.41, 5.74) is 3.19. The second-order valence-electron chi connectivity index (χ2n) is 6.23. The second-order valence-corrected chi connectivity index (χ2v) is 6.95. The monoisotopic (exact) mass is 395 g/mol. The lowest BCUT2D eigenvalue weighted by Crippen LogP contribution is -2.30. The third-order valence-corrected chi connectivity index (χ3v) is 4.16. The summed E-state index contributed by atoms with van der Waals surface area (Å²) in [5, 5.41) is 13.4. The zero-order chi connectivity index (χ0) is 19.8. The van der Waals surface area contributed by atoms with E-state index in [1.54, 1.807) is 12.4 Å². The van der Waals surface area contributed by atoms with Crippen molar-refractivity contribution in [2.45, 2.75) is 39.5 Å². The number of halogens is 1. The van der Waals surface area contributed by atoms with Gasteiger partial charge in [-0.3, -0.25) is 4.99 Å². The van der Waals surface area contributed by atoms with Crippen molar-refractivity contribution < 1.29 is 19.0 Å². The van der Waals surface area contributed by atoms with Gasteiger partial charge in [0.05, 0.1) is 0 Å². The van der Waals surface area contributed by atoms with Crippen LogP contribution in [-0.2, 0) is 11.3 Å². The van der Waals surface area contributed by atoms with E-state index in [2.05, 4.69) is 15.3 Å². The fourth-order valence-corrected chi connectivity index (χ4v) is 2.71. The molecule has 0 spiro atoms. The predicted octanol–water partition coefficient (Wildman–Crippen LogP) is 2.87. The number of hydrogen-bond donors (Lipinski definition) is 2. The number of nitrogens with one attached hydrogen (secondary N) is 1. The summed E-state index contributed by atoms with van der Waals surface area (Å²) in [7, 11) is 2.05. The SMILES string of the molecule is CCOC(O)C1=NC=CC(C)/C1=C\NCc1cnc(OCC(F)P)c(C)c1. The minimum atomic E-state index is -1.12. The molecule has 0 bridgehead atoms. The highest BCUT2D eigenvalue weighted by Crippen LogP contribution is 2.21. The van der Waals surface area contributed by atoms with Gasteiger partial charge in [0.2, 0.25) is 5.88 Å². The number of aliphatic hydroxyl groups is 1. The lowest BCUT2D eigenvalue weighted by Gasteiger charge is -2.22. The lowest BCUT2D eigenvalue weighted by molar-refractivity contribution is -0.0439. The van der Waals surface area contributed by atoms with Crippen LogP contribution in [-0.4, -0.2) is 41.2 Å². The van der Waals surface area contributed by atoms with Gasteiger partial charge in [-0.25, -0.2) is 9.37 Å².